The number of rotatable bonds is 3. The molecule has 3 rings (SSSR count). The molecule has 0 atom stereocenters. The van der Waals surface area contributed by atoms with Gasteiger partial charge in [-0.2, -0.15) is 0 Å². The van der Waals surface area contributed by atoms with E-state index in [4.69, 9.17) is 16.3 Å². The van der Waals surface area contributed by atoms with Crippen molar-refractivity contribution in [2.24, 2.45) is 0 Å². The van der Waals surface area contributed by atoms with Crippen LogP contribution in [0.4, 0.5) is 0 Å². The lowest BCUT2D eigenvalue weighted by atomic mass is 10.1. The summed E-state index contributed by atoms with van der Waals surface area (Å²) in [5.74, 6) is 0. The maximum atomic E-state index is 6.16. The number of fused-ring (bicyclic) bond motifs is 1. The fraction of sp³-hybridized carbons (Fsp3) is 0.467. The number of hydrogen-bond donors (Lipinski definition) is 0. The van der Waals surface area contributed by atoms with Crippen LogP contribution in [-0.4, -0.2) is 42.3 Å². The van der Waals surface area contributed by atoms with Gasteiger partial charge in [-0.3, -0.25) is 4.90 Å². The topological polar surface area (TPSA) is 17.4 Å². The third-order valence-electron chi connectivity index (χ3n) is 3.82. The number of aryl methyl sites for hydroxylation is 1. The zero-order chi connectivity index (χ0) is 13.2. The summed E-state index contributed by atoms with van der Waals surface area (Å²) in [6, 6.07) is 6.26. The molecule has 0 spiro atoms. The summed E-state index contributed by atoms with van der Waals surface area (Å²) in [6.07, 6.45) is 2.16. The number of benzene rings is 1. The molecule has 1 saturated heterocycles. The third kappa shape index (κ3) is 2.78. The summed E-state index contributed by atoms with van der Waals surface area (Å²) in [5.41, 5.74) is 2.48. The highest BCUT2D eigenvalue weighted by Crippen LogP contribution is 2.24. The van der Waals surface area contributed by atoms with Crippen molar-refractivity contribution in [2.75, 3.05) is 32.8 Å². The van der Waals surface area contributed by atoms with Crippen molar-refractivity contribution in [3.05, 3.63) is 35.0 Å². The van der Waals surface area contributed by atoms with Crippen LogP contribution in [0.3, 0.4) is 0 Å². The van der Waals surface area contributed by atoms with E-state index in [-0.39, 0.29) is 0 Å². The van der Waals surface area contributed by atoms with Gasteiger partial charge in [0, 0.05) is 48.3 Å². The van der Waals surface area contributed by atoms with Gasteiger partial charge in [-0.05, 0) is 30.7 Å². The molecule has 3 nitrogen and oxygen atoms in total. The molecule has 2 aromatic rings. The molecule has 0 saturated carbocycles. The van der Waals surface area contributed by atoms with E-state index in [0.717, 1.165) is 44.4 Å². The van der Waals surface area contributed by atoms with Gasteiger partial charge in [0.1, 0.15) is 0 Å². The van der Waals surface area contributed by atoms with Gasteiger partial charge in [-0.25, -0.2) is 0 Å². The van der Waals surface area contributed by atoms with E-state index in [1.807, 2.05) is 6.07 Å². The second-order valence-corrected chi connectivity index (χ2v) is 5.56. The molecular formula is C15H19ClN2O. The first kappa shape index (κ1) is 13.0. The first-order valence-corrected chi connectivity index (χ1v) is 7.17. The molecule has 1 fully saturated rings. The molecule has 0 amide bonds. The van der Waals surface area contributed by atoms with Gasteiger partial charge in [-0.15, -0.1) is 0 Å². The Balaban J connectivity index is 1.77. The predicted octanol–water partition coefficient (Wildman–Crippen LogP) is 2.94. The van der Waals surface area contributed by atoms with Gasteiger partial charge in [0.15, 0.2) is 0 Å². The Bertz CT molecular complexity index is 573. The average molecular weight is 279 g/mol. The Kier molecular flexibility index (Phi) is 3.78. The van der Waals surface area contributed by atoms with E-state index in [1.54, 1.807) is 0 Å². The summed E-state index contributed by atoms with van der Waals surface area (Å²) in [6.45, 7) is 7.98. The monoisotopic (exact) mass is 278 g/mol. The summed E-state index contributed by atoms with van der Waals surface area (Å²) >= 11 is 6.16. The number of nitrogens with zero attached hydrogens (tertiary/aromatic N) is 2. The largest absolute Gasteiger partial charge is 0.379 e. The van der Waals surface area contributed by atoms with Crippen LogP contribution in [0.25, 0.3) is 10.9 Å². The smallest absolute Gasteiger partial charge is 0.0594 e. The highest BCUT2D eigenvalue weighted by Gasteiger charge is 2.11. The van der Waals surface area contributed by atoms with E-state index >= 15 is 0 Å². The SMILES string of the molecule is Cc1cc(Cl)cc2c1ccn2CCN1CCOCC1. The molecule has 4 heteroatoms. The minimum Gasteiger partial charge on any atom is -0.379 e. The van der Waals surface area contributed by atoms with Gasteiger partial charge in [-0.1, -0.05) is 11.6 Å². The highest BCUT2D eigenvalue weighted by atomic mass is 35.5. The minimum absolute atomic E-state index is 0.816. The van der Waals surface area contributed by atoms with Crippen LogP contribution in [0.1, 0.15) is 5.56 Å². The van der Waals surface area contributed by atoms with Crippen LogP contribution in [0, 0.1) is 6.92 Å². The fourth-order valence-electron chi connectivity index (χ4n) is 2.70. The molecule has 1 aromatic carbocycles. The molecule has 19 heavy (non-hydrogen) atoms. The van der Waals surface area contributed by atoms with Crippen LogP contribution >= 0.6 is 11.6 Å². The lowest BCUT2D eigenvalue weighted by molar-refractivity contribution is 0.0365. The van der Waals surface area contributed by atoms with Gasteiger partial charge >= 0.3 is 0 Å². The number of hydrogen-bond acceptors (Lipinski definition) is 2. The van der Waals surface area contributed by atoms with E-state index in [1.165, 1.54) is 16.5 Å². The van der Waals surface area contributed by atoms with Gasteiger partial charge in [0.25, 0.3) is 0 Å². The molecule has 0 N–H and O–H groups in total. The molecule has 0 radical (unpaired) electrons. The van der Waals surface area contributed by atoms with Crippen LogP contribution in [0.15, 0.2) is 24.4 Å². The molecule has 0 unspecified atom stereocenters. The van der Waals surface area contributed by atoms with Crippen molar-refractivity contribution >= 4 is 22.5 Å². The van der Waals surface area contributed by atoms with E-state index < -0.39 is 0 Å². The molecule has 1 aromatic heterocycles. The maximum absolute atomic E-state index is 6.16. The zero-order valence-electron chi connectivity index (χ0n) is 11.2. The zero-order valence-corrected chi connectivity index (χ0v) is 12.0. The van der Waals surface area contributed by atoms with Gasteiger partial charge < -0.3 is 9.30 Å². The van der Waals surface area contributed by atoms with Crippen molar-refractivity contribution in [1.82, 2.24) is 9.47 Å². The maximum Gasteiger partial charge on any atom is 0.0594 e. The van der Waals surface area contributed by atoms with Gasteiger partial charge in [0.05, 0.1) is 13.2 Å². The van der Waals surface area contributed by atoms with Crippen molar-refractivity contribution < 1.29 is 4.74 Å². The standard InChI is InChI=1S/C15H19ClN2O/c1-12-10-13(16)11-15-14(12)2-3-18(15)5-4-17-6-8-19-9-7-17/h2-3,10-11H,4-9H2,1H3. The lowest BCUT2D eigenvalue weighted by Gasteiger charge is -2.26. The third-order valence-corrected chi connectivity index (χ3v) is 4.04. The Morgan fingerprint density at radius 2 is 2.00 bits per heavy atom. The van der Waals surface area contributed by atoms with Crippen molar-refractivity contribution in [1.29, 1.82) is 0 Å². The van der Waals surface area contributed by atoms with Crippen LogP contribution in [-0.2, 0) is 11.3 Å². The Morgan fingerprint density at radius 3 is 2.79 bits per heavy atom. The lowest BCUT2D eigenvalue weighted by Crippen LogP contribution is -2.38. The van der Waals surface area contributed by atoms with E-state index in [9.17, 15) is 0 Å². The number of morpholine rings is 1. The quantitative estimate of drug-likeness (QED) is 0.859. The number of aromatic nitrogens is 1. The molecule has 1 aliphatic rings. The van der Waals surface area contributed by atoms with Crippen LogP contribution < -0.4 is 0 Å². The minimum atomic E-state index is 0.816. The van der Waals surface area contributed by atoms with Crippen molar-refractivity contribution in [3.8, 4) is 0 Å². The Morgan fingerprint density at radius 1 is 1.21 bits per heavy atom. The summed E-state index contributed by atoms with van der Waals surface area (Å²) in [5, 5.41) is 2.11. The summed E-state index contributed by atoms with van der Waals surface area (Å²) in [4.78, 5) is 2.45. The molecule has 1 aliphatic heterocycles. The molecule has 0 bridgehead atoms. The number of ether oxygens (including phenoxy) is 1. The summed E-state index contributed by atoms with van der Waals surface area (Å²) in [7, 11) is 0. The highest BCUT2D eigenvalue weighted by molar-refractivity contribution is 6.31. The van der Waals surface area contributed by atoms with Crippen molar-refractivity contribution in [2.45, 2.75) is 13.5 Å². The summed E-state index contributed by atoms with van der Waals surface area (Å²) < 4.78 is 7.67. The van der Waals surface area contributed by atoms with Crippen LogP contribution in [0.2, 0.25) is 5.02 Å². The first-order valence-electron chi connectivity index (χ1n) is 6.79. The Hall–Kier alpha value is -1.03. The molecule has 2 heterocycles. The average Bonchev–Trinajstić information content (AvgIpc) is 2.81. The Labute approximate surface area is 118 Å². The fourth-order valence-corrected chi connectivity index (χ4v) is 2.97. The van der Waals surface area contributed by atoms with Gasteiger partial charge in [0.2, 0.25) is 0 Å². The molecular weight excluding hydrogens is 260 g/mol. The molecule has 102 valence electrons. The normalized spacial score (nSPS) is 17.2. The second kappa shape index (κ2) is 5.53. The number of halogens is 1. The van der Waals surface area contributed by atoms with Crippen molar-refractivity contribution in [3.63, 3.8) is 0 Å². The molecule has 0 aliphatic carbocycles. The van der Waals surface area contributed by atoms with Crippen LogP contribution in [0.5, 0.6) is 0 Å². The predicted molar refractivity (Wildman–Crippen MR) is 78.9 cm³/mol. The second-order valence-electron chi connectivity index (χ2n) is 5.12. The first-order chi connectivity index (χ1) is 9.24. The van der Waals surface area contributed by atoms with E-state index in [2.05, 4.69) is 34.7 Å². The van der Waals surface area contributed by atoms with E-state index in [0.29, 0.717) is 0 Å².